The molecular weight excluding hydrogens is 487 g/mol. The van der Waals surface area contributed by atoms with Crippen molar-refractivity contribution in [2.24, 2.45) is 0 Å². The first-order chi connectivity index (χ1) is 18.4. The number of hydrogen-bond acceptors (Lipinski definition) is 6. The van der Waals surface area contributed by atoms with Crippen LogP contribution >= 0.6 is 0 Å². The Morgan fingerprint density at radius 3 is 2.21 bits per heavy atom. The highest BCUT2D eigenvalue weighted by molar-refractivity contribution is 6.51. The monoisotopic (exact) mass is 510 g/mol. The first kappa shape index (κ1) is 24.6. The molecule has 0 bridgehead atoms. The molecule has 1 atom stereocenters. The molecule has 1 heterocycles. The van der Waals surface area contributed by atoms with Gasteiger partial charge in [-0.3, -0.25) is 14.5 Å². The molecule has 1 aliphatic heterocycles. The lowest BCUT2D eigenvalue weighted by Crippen LogP contribution is -2.29. The van der Waals surface area contributed by atoms with Gasteiger partial charge in [0.25, 0.3) is 11.7 Å². The molecule has 0 radical (unpaired) electrons. The third kappa shape index (κ3) is 4.55. The van der Waals surface area contributed by atoms with Crippen LogP contribution in [0.25, 0.3) is 5.76 Å². The Labute approximate surface area is 218 Å². The number of methoxy groups -OCH3 is 1. The largest absolute Gasteiger partial charge is 0.508 e. The van der Waals surface area contributed by atoms with Crippen molar-refractivity contribution in [2.45, 2.75) is 6.04 Å². The highest BCUT2D eigenvalue weighted by Crippen LogP contribution is 2.43. The zero-order chi connectivity index (χ0) is 26.8. The molecule has 4 aromatic rings. The van der Waals surface area contributed by atoms with Gasteiger partial charge in [-0.05, 0) is 72.3 Å². The molecule has 3 N–H and O–H groups in total. The molecule has 1 aliphatic rings. The Hall–Kier alpha value is -5.11. The second-order valence-electron chi connectivity index (χ2n) is 8.64. The van der Waals surface area contributed by atoms with Gasteiger partial charge in [-0.1, -0.05) is 30.3 Å². The van der Waals surface area contributed by atoms with Gasteiger partial charge in [-0.25, -0.2) is 4.39 Å². The van der Waals surface area contributed by atoms with E-state index in [1.807, 2.05) is 30.3 Å². The average molecular weight is 511 g/mol. The number of phenols is 1. The molecule has 190 valence electrons. The highest BCUT2D eigenvalue weighted by Gasteiger charge is 2.47. The summed E-state index contributed by atoms with van der Waals surface area (Å²) in [6.07, 6.45) is 0. The van der Waals surface area contributed by atoms with Crippen LogP contribution in [0.5, 0.6) is 11.5 Å². The number of Topliss-reactive ketones (excluding diaryl/α,β-unsaturated/α-hetero) is 1. The van der Waals surface area contributed by atoms with Crippen molar-refractivity contribution >= 4 is 34.5 Å². The van der Waals surface area contributed by atoms with Crippen molar-refractivity contribution in [2.75, 3.05) is 17.3 Å². The summed E-state index contributed by atoms with van der Waals surface area (Å²) >= 11 is 0. The molecule has 0 aromatic heterocycles. The van der Waals surface area contributed by atoms with E-state index in [2.05, 4.69) is 5.32 Å². The first-order valence-electron chi connectivity index (χ1n) is 11.7. The molecule has 4 aromatic carbocycles. The number of halogens is 1. The van der Waals surface area contributed by atoms with Crippen molar-refractivity contribution in [3.05, 3.63) is 120 Å². The second-order valence-corrected chi connectivity index (χ2v) is 8.64. The predicted molar refractivity (Wildman–Crippen MR) is 142 cm³/mol. The number of aliphatic hydroxyl groups is 1. The van der Waals surface area contributed by atoms with E-state index < -0.39 is 29.3 Å². The number of ether oxygens (including phenoxy) is 1. The third-order valence-electron chi connectivity index (χ3n) is 6.28. The first-order valence-corrected chi connectivity index (χ1v) is 11.7. The van der Waals surface area contributed by atoms with Crippen molar-refractivity contribution in [3.63, 3.8) is 0 Å². The number of para-hydroxylation sites is 1. The number of ketones is 1. The molecule has 1 unspecified atom stereocenters. The topological polar surface area (TPSA) is 99.1 Å². The highest BCUT2D eigenvalue weighted by atomic mass is 19.1. The van der Waals surface area contributed by atoms with Crippen LogP contribution in [0.3, 0.4) is 0 Å². The number of rotatable bonds is 6. The van der Waals surface area contributed by atoms with Crippen LogP contribution in [-0.4, -0.2) is 29.0 Å². The van der Waals surface area contributed by atoms with Crippen LogP contribution < -0.4 is 15.0 Å². The summed E-state index contributed by atoms with van der Waals surface area (Å²) in [5, 5.41) is 24.4. The lowest BCUT2D eigenvalue weighted by Gasteiger charge is -2.26. The van der Waals surface area contributed by atoms with Crippen molar-refractivity contribution in [1.82, 2.24) is 0 Å². The van der Waals surface area contributed by atoms with E-state index >= 15 is 0 Å². The quantitative estimate of drug-likeness (QED) is 0.169. The standard InChI is InChI=1S/C30H23FN2O5/c1-38-25-16-9-19(31)17-24(25)28(35)26-27(18-7-14-23(34)15-8-18)33(30(37)29(26)36)22-12-10-21(11-13-22)32-20-5-3-2-4-6-20/h2-17,27,32,34-35H,1H3/b28-26+. The molecule has 1 saturated heterocycles. The summed E-state index contributed by atoms with van der Waals surface area (Å²) in [6.45, 7) is 0. The maximum absolute atomic E-state index is 14.1. The molecule has 38 heavy (non-hydrogen) atoms. The van der Waals surface area contributed by atoms with Crippen LogP contribution in [0.2, 0.25) is 0 Å². The van der Waals surface area contributed by atoms with E-state index in [9.17, 15) is 24.2 Å². The van der Waals surface area contributed by atoms with Crippen LogP contribution in [0.4, 0.5) is 21.5 Å². The van der Waals surface area contributed by atoms with Gasteiger partial charge in [0, 0.05) is 17.1 Å². The van der Waals surface area contributed by atoms with E-state index in [0.29, 0.717) is 11.3 Å². The fraction of sp³-hybridized carbons (Fsp3) is 0.0667. The normalized spacial score (nSPS) is 16.5. The molecule has 0 saturated carbocycles. The molecule has 0 aliphatic carbocycles. The summed E-state index contributed by atoms with van der Waals surface area (Å²) in [7, 11) is 1.35. The van der Waals surface area contributed by atoms with Crippen LogP contribution in [0, 0.1) is 5.82 Å². The number of benzene rings is 4. The molecule has 1 fully saturated rings. The average Bonchev–Trinajstić information content (AvgIpc) is 3.20. The van der Waals surface area contributed by atoms with E-state index in [1.54, 1.807) is 36.4 Å². The smallest absolute Gasteiger partial charge is 0.300 e. The van der Waals surface area contributed by atoms with E-state index in [0.717, 1.165) is 23.5 Å². The maximum atomic E-state index is 14.1. The van der Waals surface area contributed by atoms with Crippen molar-refractivity contribution in [3.8, 4) is 11.5 Å². The number of nitrogens with one attached hydrogen (secondary N) is 1. The van der Waals surface area contributed by atoms with Crippen LogP contribution in [-0.2, 0) is 9.59 Å². The molecule has 7 nitrogen and oxygen atoms in total. The molecule has 1 amide bonds. The number of aliphatic hydroxyl groups excluding tert-OH is 1. The minimum Gasteiger partial charge on any atom is -0.508 e. The Morgan fingerprint density at radius 1 is 0.895 bits per heavy atom. The minimum atomic E-state index is -1.04. The zero-order valence-electron chi connectivity index (χ0n) is 20.3. The Bertz CT molecular complexity index is 1530. The number of phenolic OH excluding ortho intramolecular Hbond substituents is 1. The SMILES string of the molecule is COc1ccc(F)cc1/C(O)=C1\C(=O)C(=O)N(c2ccc(Nc3ccccc3)cc2)C1c1ccc(O)cc1. The Kier molecular flexibility index (Phi) is 6.53. The second kappa shape index (κ2) is 10.1. The lowest BCUT2D eigenvalue weighted by molar-refractivity contribution is -0.132. The van der Waals surface area contributed by atoms with E-state index in [-0.39, 0.29) is 22.6 Å². The van der Waals surface area contributed by atoms with E-state index in [4.69, 9.17) is 4.74 Å². The predicted octanol–water partition coefficient (Wildman–Crippen LogP) is 5.91. The number of anilines is 3. The third-order valence-corrected chi connectivity index (χ3v) is 6.28. The number of carbonyl (C=O) groups excluding carboxylic acids is 2. The summed E-state index contributed by atoms with van der Waals surface area (Å²) in [6, 6.07) is 24.9. The number of amides is 1. The summed E-state index contributed by atoms with van der Waals surface area (Å²) in [5.41, 5.74) is 2.24. The Morgan fingerprint density at radius 2 is 1.55 bits per heavy atom. The number of nitrogens with zero attached hydrogens (tertiary/aromatic N) is 1. The van der Waals surface area contributed by atoms with Crippen LogP contribution in [0.1, 0.15) is 17.2 Å². The fourth-order valence-corrected chi connectivity index (χ4v) is 4.47. The maximum Gasteiger partial charge on any atom is 0.300 e. The van der Waals surface area contributed by atoms with Gasteiger partial charge in [-0.2, -0.15) is 0 Å². The van der Waals surface area contributed by atoms with Gasteiger partial charge >= 0.3 is 0 Å². The van der Waals surface area contributed by atoms with Crippen molar-refractivity contribution < 1.29 is 28.9 Å². The van der Waals surface area contributed by atoms with Gasteiger partial charge in [-0.15, -0.1) is 0 Å². The van der Waals surface area contributed by atoms with Gasteiger partial charge in [0.1, 0.15) is 23.1 Å². The summed E-state index contributed by atoms with van der Waals surface area (Å²) < 4.78 is 19.4. The van der Waals surface area contributed by atoms with E-state index in [1.165, 1.54) is 30.2 Å². The summed E-state index contributed by atoms with van der Waals surface area (Å²) in [4.78, 5) is 28.0. The van der Waals surface area contributed by atoms with Gasteiger partial charge in [0.05, 0.1) is 24.3 Å². The molecule has 8 heteroatoms. The molecular formula is C30H23FN2O5. The molecule has 5 rings (SSSR count). The summed E-state index contributed by atoms with van der Waals surface area (Å²) in [5.74, 6) is -2.88. The molecule has 0 spiro atoms. The number of aromatic hydroxyl groups is 1. The Balaban J connectivity index is 1.62. The van der Waals surface area contributed by atoms with Crippen LogP contribution in [0.15, 0.2) is 103 Å². The van der Waals surface area contributed by atoms with Gasteiger partial charge in [0.15, 0.2) is 0 Å². The number of carbonyl (C=O) groups is 2. The van der Waals surface area contributed by atoms with Gasteiger partial charge in [0.2, 0.25) is 0 Å². The lowest BCUT2D eigenvalue weighted by atomic mass is 9.94. The minimum absolute atomic E-state index is 0.00570. The zero-order valence-corrected chi connectivity index (χ0v) is 20.3. The number of hydrogen-bond donors (Lipinski definition) is 3. The fourth-order valence-electron chi connectivity index (χ4n) is 4.47. The van der Waals surface area contributed by atoms with Gasteiger partial charge < -0.3 is 20.3 Å². The van der Waals surface area contributed by atoms with Crippen molar-refractivity contribution in [1.29, 1.82) is 0 Å².